The maximum atomic E-state index is 5.14. The second kappa shape index (κ2) is 7.07. The van der Waals surface area contributed by atoms with E-state index in [9.17, 15) is 0 Å². The van der Waals surface area contributed by atoms with Crippen LogP contribution in [-0.4, -0.2) is 23.4 Å². The Balaban J connectivity index is 1.74. The molecule has 0 aliphatic heterocycles. The van der Waals surface area contributed by atoms with Gasteiger partial charge in [-0.05, 0) is 23.6 Å². The summed E-state index contributed by atoms with van der Waals surface area (Å²) in [5, 5.41) is 7.69. The molecule has 1 aromatic heterocycles. The van der Waals surface area contributed by atoms with Gasteiger partial charge < -0.3 is 10.1 Å². The van der Waals surface area contributed by atoms with Gasteiger partial charge in [-0.2, -0.15) is 5.10 Å². The highest BCUT2D eigenvalue weighted by Crippen LogP contribution is 2.06. The van der Waals surface area contributed by atoms with Gasteiger partial charge in [0.15, 0.2) is 0 Å². The van der Waals surface area contributed by atoms with E-state index in [1.807, 2.05) is 10.9 Å². The van der Waals surface area contributed by atoms with Crippen molar-refractivity contribution in [1.82, 2.24) is 15.1 Å². The van der Waals surface area contributed by atoms with Gasteiger partial charge in [-0.1, -0.05) is 24.3 Å². The Labute approximate surface area is 114 Å². The number of hydrogen-bond donors (Lipinski definition) is 1. The Morgan fingerprint density at radius 3 is 2.89 bits per heavy atom. The summed E-state index contributed by atoms with van der Waals surface area (Å²) in [6.45, 7) is 5.40. The average Bonchev–Trinajstić information content (AvgIpc) is 2.82. The van der Waals surface area contributed by atoms with Crippen LogP contribution in [-0.2, 0) is 24.4 Å². The van der Waals surface area contributed by atoms with Crippen molar-refractivity contribution in [2.45, 2.75) is 26.6 Å². The summed E-state index contributed by atoms with van der Waals surface area (Å²) in [7, 11) is 1.72. The Bertz CT molecular complexity index is 508. The Morgan fingerprint density at radius 2 is 2.16 bits per heavy atom. The fraction of sp³-hybridized carbons (Fsp3) is 0.400. The fourth-order valence-electron chi connectivity index (χ4n) is 2.01. The van der Waals surface area contributed by atoms with Gasteiger partial charge in [-0.3, -0.25) is 4.68 Å². The molecule has 0 saturated heterocycles. The lowest BCUT2D eigenvalue weighted by atomic mass is 10.1. The molecule has 102 valence electrons. The van der Waals surface area contributed by atoms with Gasteiger partial charge in [0.2, 0.25) is 0 Å². The van der Waals surface area contributed by atoms with Crippen LogP contribution in [0.25, 0.3) is 0 Å². The third-order valence-corrected chi connectivity index (χ3v) is 2.91. The van der Waals surface area contributed by atoms with Crippen LogP contribution in [0.15, 0.2) is 36.7 Å². The lowest BCUT2D eigenvalue weighted by Gasteiger charge is -2.07. The van der Waals surface area contributed by atoms with Crippen LogP contribution in [0.3, 0.4) is 0 Å². The minimum atomic E-state index is 0.667. The molecule has 19 heavy (non-hydrogen) atoms. The number of aromatic nitrogens is 2. The summed E-state index contributed by atoms with van der Waals surface area (Å²) >= 11 is 0. The van der Waals surface area contributed by atoms with E-state index in [4.69, 9.17) is 4.74 Å². The molecule has 0 radical (unpaired) electrons. The average molecular weight is 259 g/mol. The number of nitrogens with one attached hydrogen (secondary N) is 1. The van der Waals surface area contributed by atoms with Crippen molar-refractivity contribution in [3.8, 4) is 0 Å². The number of rotatable bonds is 7. The topological polar surface area (TPSA) is 39.1 Å². The number of benzene rings is 1. The van der Waals surface area contributed by atoms with Crippen LogP contribution in [0.4, 0.5) is 0 Å². The van der Waals surface area contributed by atoms with Crippen molar-refractivity contribution in [3.05, 3.63) is 53.3 Å². The SMILES string of the molecule is COCc1cccc(CNCCn2cc(C)cn2)c1. The number of nitrogens with zero attached hydrogens (tertiary/aromatic N) is 2. The maximum Gasteiger partial charge on any atom is 0.0713 e. The summed E-state index contributed by atoms with van der Waals surface area (Å²) in [6, 6.07) is 8.46. The molecule has 0 amide bonds. The second-order valence-corrected chi connectivity index (χ2v) is 4.71. The zero-order chi connectivity index (χ0) is 13.5. The molecule has 2 aromatic rings. The first-order chi connectivity index (χ1) is 9.28. The first-order valence-electron chi connectivity index (χ1n) is 6.54. The first kappa shape index (κ1) is 13.8. The third kappa shape index (κ3) is 4.50. The Kier molecular flexibility index (Phi) is 5.12. The van der Waals surface area contributed by atoms with E-state index < -0.39 is 0 Å². The minimum absolute atomic E-state index is 0.667. The van der Waals surface area contributed by atoms with Crippen LogP contribution in [0.1, 0.15) is 16.7 Å². The van der Waals surface area contributed by atoms with E-state index in [1.54, 1.807) is 7.11 Å². The number of aryl methyl sites for hydroxylation is 1. The molecule has 1 heterocycles. The molecule has 0 aliphatic carbocycles. The molecule has 1 N–H and O–H groups in total. The van der Waals surface area contributed by atoms with Crippen molar-refractivity contribution in [3.63, 3.8) is 0 Å². The molecule has 0 spiro atoms. The maximum absolute atomic E-state index is 5.14. The molecule has 0 unspecified atom stereocenters. The standard InChI is InChI=1S/C15H21N3O/c1-13-9-17-18(11-13)7-6-16-10-14-4-3-5-15(8-14)12-19-2/h3-5,8-9,11,16H,6-7,10,12H2,1-2H3. The van der Waals surface area contributed by atoms with Crippen LogP contribution in [0.2, 0.25) is 0 Å². The summed E-state index contributed by atoms with van der Waals surface area (Å²) in [5.41, 5.74) is 3.70. The molecule has 1 aromatic carbocycles. The van der Waals surface area contributed by atoms with E-state index in [0.29, 0.717) is 6.61 Å². The predicted molar refractivity (Wildman–Crippen MR) is 75.8 cm³/mol. The zero-order valence-electron chi connectivity index (χ0n) is 11.6. The van der Waals surface area contributed by atoms with Gasteiger partial charge in [0.25, 0.3) is 0 Å². The van der Waals surface area contributed by atoms with Gasteiger partial charge in [0.05, 0.1) is 19.3 Å². The van der Waals surface area contributed by atoms with E-state index in [-0.39, 0.29) is 0 Å². The lowest BCUT2D eigenvalue weighted by Crippen LogP contribution is -2.19. The minimum Gasteiger partial charge on any atom is -0.380 e. The van der Waals surface area contributed by atoms with Crippen molar-refractivity contribution in [2.75, 3.05) is 13.7 Å². The number of hydrogen-bond acceptors (Lipinski definition) is 3. The molecule has 0 saturated carbocycles. The van der Waals surface area contributed by atoms with E-state index in [0.717, 1.165) is 19.6 Å². The molecule has 0 aliphatic rings. The summed E-state index contributed by atoms with van der Waals surface area (Å²) in [6.07, 6.45) is 3.94. The molecule has 2 rings (SSSR count). The molecular formula is C15H21N3O. The van der Waals surface area contributed by atoms with Crippen LogP contribution >= 0.6 is 0 Å². The molecule has 0 bridgehead atoms. The van der Waals surface area contributed by atoms with Crippen molar-refractivity contribution in [1.29, 1.82) is 0 Å². The van der Waals surface area contributed by atoms with Crippen LogP contribution < -0.4 is 5.32 Å². The van der Waals surface area contributed by atoms with E-state index >= 15 is 0 Å². The summed E-state index contributed by atoms with van der Waals surface area (Å²) in [5.74, 6) is 0. The highest BCUT2D eigenvalue weighted by Gasteiger charge is 1.97. The van der Waals surface area contributed by atoms with Gasteiger partial charge in [-0.25, -0.2) is 0 Å². The second-order valence-electron chi connectivity index (χ2n) is 4.71. The normalized spacial score (nSPS) is 10.8. The molecule has 4 heteroatoms. The van der Waals surface area contributed by atoms with Crippen molar-refractivity contribution < 1.29 is 4.74 Å². The molecule has 0 atom stereocenters. The van der Waals surface area contributed by atoms with E-state index in [2.05, 4.69) is 47.8 Å². The Morgan fingerprint density at radius 1 is 1.32 bits per heavy atom. The zero-order valence-corrected chi connectivity index (χ0v) is 11.6. The lowest BCUT2D eigenvalue weighted by molar-refractivity contribution is 0.185. The van der Waals surface area contributed by atoms with Crippen molar-refractivity contribution in [2.24, 2.45) is 0 Å². The smallest absolute Gasteiger partial charge is 0.0713 e. The highest BCUT2D eigenvalue weighted by molar-refractivity contribution is 5.22. The Hall–Kier alpha value is -1.65. The summed E-state index contributed by atoms with van der Waals surface area (Å²) in [4.78, 5) is 0. The van der Waals surface area contributed by atoms with Gasteiger partial charge in [-0.15, -0.1) is 0 Å². The van der Waals surface area contributed by atoms with Crippen LogP contribution in [0.5, 0.6) is 0 Å². The van der Waals surface area contributed by atoms with Gasteiger partial charge >= 0.3 is 0 Å². The largest absolute Gasteiger partial charge is 0.380 e. The van der Waals surface area contributed by atoms with Crippen LogP contribution in [0, 0.1) is 6.92 Å². The monoisotopic (exact) mass is 259 g/mol. The third-order valence-electron chi connectivity index (χ3n) is 2.91. The van der Waals surface area contributed by atoms with Gasteiger partial charge in [0, 0.05) is 26.4 Å². The molecular weight excluding hydrogens is 238 g/mol. The molecule has 4 nitrogen and oxygen atoms in total. The first-order valence-corrected chi connectivity index (χ1v) is 6.54. The number of methoxy groups -OCH3 is 1. The van der Waals surface area contributed by atoms with Crippen molar-refractivity contribution >= 4 is 0 Å². The fourth-order valence-corrected chi connectivity index (χ4v) is 2.01. The highest BCUT2D eigenvalue weighted by atomic mass is 16.5. The summed E-state index contributed by atoms with van der Waals surface area (Å²) < 4.78 is 7.10. The predicted octanol–water partition coefficient (Wildman–Crippen LogP) is 2.13. The molecule has 0 fully saturated rings. The number of ether oxygens (including phenoxy) is 1. The quantitative estimate of drug-likeness (QED) is 0.774. The van der Waals surface area contributed by atoms with Gasteiger partial charge in [0.1, 0.15) is 0 Å². The van der Waals surface area contributed by atoms with E-state index in [1.165, 1.54) is 16.7 Å².